The Labute approximate surface area is 66.2 Å². The molecule has 0 radical (unpaired) electrons. The molecule has 2 nitrogen and oxygen atoms in total. The van der Waals surface area contributed by atoms with Crippen LogP contribution in [0.15, 0.2) is 30.0 Å². The van der Waals surface area contributed by atoms with Crippen LogP contribution in [0.25, 0.3) is 6.08 Å². The van der Waals surface area contributed by atoms with Crippen LogP contribution in [0.2, 0.25) is 0 Å². The third-order valence-electron chi connectivity index (χ3n) is 1.33. The topological polar surface area (TPSA) is 33.1 Å². The van der Waals surface area contributed by atoms with E-state index in [1.807, 2.05) is 31.2 Å². The predicted molar refractivity (Wildman–Crippen MR) is 45.0 cm³/mol. The van der Waals surface area contributed by atoms with E-state index < -0.39 is 0 Å². The molecule has 1 N–H and O–H groups in total. The average molecular weight is 149 g/mol. The molecule has 0 amide bonds. The molecule has 0 fully saturated rings. The van der Waals surface area contributed by atoms with Crippen molar-refractivity contribution in [2.75, 3.05) is 6.61 Å². The van der Waals surface area contributed by atoms with E-state index in [-0.39, 0.29) is 6.61 Å². The fourth-order valence-electron chi connectivity index (χ4n) is 0.759. The number of hydrogen-bond acceptors (Lipinski definition) is 2. The monoisotopic (exact) mass is 149 g/mol. The molecule has 0 atom stereocenters. The van der Waals surface area contributed by atoms with Gasteiger partial charge in [-0.15, -0.1) is 0 Å². The van der Waals surface area contributed by atoms with Crippen LogP contribution in [0.1, 0.15) is 12.6 Å². The van der Waals surface area contributed by atoms with E-state index in [1.54, 1.807) is 6.20 Å². The molecule has 0 unspecified atom stereocenters. The highest BCUT2D eigenvalue weighted by atomic mass is 16.3. The minimum atomic E-state index is 0.0938. The molecule has 1 aromatic rings. The zero-order valence-corrected chi connectivity index (χ0v) is 6.49. The van der Waals surface area contributed by atoms with E-state index in [0.29, 0.717) is 0 Å². The zero-order chi connectivity index (χ0) is 8.10. The Morgan fingerprint density at radius 3 is 3.00 bits per heavy atom. The largest absolute Gasteiger partial charge is 0.392 e. The second-order valence-electron chi connectivity index (χ2n) is 2.40. The van der Waals surface area contributed by atoms with E-state index in [9.17, 15) is 0 Å². The van der Waals surface area contributed by atoms with Crippen molar-refractivity contribution in [3.8, 4) is 0 Å². The first kappa shape index (κ1) is 7.95. The summed E-state index contributed by atoms with van der Waals surface area (Å²) >= 11 is 0. The maximum Gasteiger partial charge on any atom is 0.0642 e. The quantitative estimate of drug-likeness (QED) is 0.690. The summed E-state index contributed by atoms with van der Waals surface area (Å²) in [5.74, 6) is 0. The molecule has 1 rings (SSSR count). The van der Waals surface area contributed by atoms with Crippen LogP contribution in [-0.2, 0) is 0 Å². The maximum atomic E-state index is 8.70. The van der Waals surface area contributed by atoms with Crippen LogP contribution in [0, 0.1) is 0 Å². The molecule has 0 bridgehead atoms. The van der Waals surface area contributed by atoms with Crippen LogP contribution in [0.5, 0.6) is 0 Å². The molecule has 58 valence electrons. The second kappa shape index (κ2) is 3.88. The van der Waals surface area contributed by atoms with Gasteiger partial charge in [-0.05, 0) is 30.7 Å². The van der Waals surface area contributed by atoms with Gasteiger partial charge in [0.1, 0.15) is 0 Å². The summed E-state index contributed by atoms with van der Waals surface area (Å²) in [6.45, 7) is 1.96. The highest BCUT2D eigenvalue weighted by molar-refractivity contribution is 5.47. The first-order valence-corrected chi connectivity index (χ1v) is 3.52. The Morgan fingerprint density at radius 2 is 2.45 bits per heavy atom. The number of pyridine rings is 1. The Kier molecular flexibility index (Phi) is 2.81. The molecular formula is C9H11NO. The third kappa shape index (κ3) is 2.51. The molecule has 0 saturated carbocycles. The second-order valence-corrected chi connectivity index (χ2v) is 2.40. The van der Waals surface area contributed by atoms with Crippen molar-refractivity contribution >= 4 is 6.08 Å². The van der Waals surface area contributed by atoms with Crippen molar-refractivity contribution in [3.05, 3.63) is 35.7 Å². The molecule has 0 spiro atoms. The molecule has 0 aliphatic rings. The molecule has 11 heavy (non-hydrogen) atoms. The number of nitrogens with zero attached hydrogens (tertiary/aromatic N) is 1. The molecular weight excluding hydrogens is 138 g/mol. The minimum absolute atomic E-state index is 0.0938. The lowest BCUT2D eigenvalue weighted by Crippen LogP contribution is -1.85. The van der Waals surface area contributed by atoms with Gasteiger partial charge in [-0.3, -0.25) is 4.98 Å². The first-order chi connectivity index (χ1) is 5.33. The third-order valence-corrected chi connectivity index (χ3v) is 1.33. The summed E-state index contributed by atoms with van der Waals surface area (Å²) in [5.41, 5.74) is 1.81. The van der Waals surface area contributed by atoms with Crippen molar-refractivity contribution in [1.29, 1.82) is 0 Å². The predicted octanol–water partition coefficient (Wildman–Crippen LogP) is 1.48. The average Bonchev–Trinajstić information content (AvgIpc) is 2.06. The number of aliphatic hydroxyl groups is 1. The maximum absolute atomic E-state index is 8.70. The van der Waals surface area contributed by atoms with Gasteiger partial charge in [-0.25, -0.2) is 0 Å². The van der Waals surface area contributed by atoms with E-state index in [4.69, 9.17) is 5.11 Å². The van der Waals surface area contributed by atoms with E-state index in [2.05, 4.69) is 4.98 Å². The standard InChI is InChI=1S/C9H11NO/c1-8(7-11)6-9-4-2-3-5-10-9/h2-6,11H,7H2,1H3/b8-6-. The van der Waals surface area contributed by atoms with Gasteiger partial charge in [-0.2, -0.15) is 0 Å². The Morgan fingerprint density at radius 1 is 1.64 bits per heavy atom. The summed E-state index contributed by atoms with van der Waals surface area (Å²) in [4.78, 5) is 4.08. The fraction of sp³-hybridized carbons (Fsp3) is 0.222. The molecule has 0 aliphatic heterocycles. The van der Waals surface area contributed by atoms with Crippen molar-refractivity contribution < 1.29 is 5.11 Å². The smallest absolute Gasteiger partial charge is 0.0642 e. The Balaban J connectivity index is 2.79. The van der Waals surface area contributed by atoms with Gasteiger partial charge in [-0.1, -0.05) is 6.07 Å². The summed E-state index contributed by atoms with van der Waals surface area (Å²) in [6, 6.07) is 5.69. The summed E-state index contributed by atoms with van der Waals surface area (Å²) in [6.07, 6.45) is 3.59. The van der Waals surface area contributed by atoms with Crippen LogP contribution < -0.4 is 0 Å². The van der Waals surface area contributed by atoms with Crippen LogP contribution in [0.3, 0.4) is 0 Å². The summed E-state index contributed by atoms with van der Waals surface area (Å²) < 4.78 is 0. The van der Waals surface area contributed by atoms with Crippen molar-refractivity contribution in [2.24, 2.45) is 0 Å². The van der Waals surface area contributed by atoms with Gasteiger partial charge in [0, 0.05) is 6.20 Å². The fourth-order valence-corrected chi connectivity index (χ4v) is 0.759. The molecule has 1 heterocycles. The Hall–Kier alpha value is -1.15. The molecule has 1 aromatic heterocycles. The van der Waals surface area contributed by atoms with Crippen molar-refractivity contribution in [2.45, 2.75) is 6.92 Å². The molecule has 2 heteroatoms. The zero-order valence-electron chi connectivity index (χ0n) is 6.49. The van der Waals surface area contributed by atoms with Gasteiger partial charge in [0.15, 0.2) is 0 Å². The molecule has 0 saturated heterocycles. The summed E-state index contributed by atoms with van der Waals surface area (Å²) in [5, 5.41) is 8.70. The summed E-state index contributed by atoms with van der Waals surface area (Å²) in [7, 11) is 0. The number of rotatable bonds is 2. The van der Waals surface area contributed by atoms with E-state index in [1.165, 1.54) is 0 Å². The SMILES string of the molecule is C/C(=C/c1ccccn1)CO. The van der Waals surface area contributed by atoms with Crippen LogP contribution in [0.4, 0.5) is 0 Å². The van der Waals surface area contributed by atoms with Gasteiger partial charge < -0.3 is 5.11 Å². The lowest BCUT2D eigenvalue weighted by Gasteiger charge is -1.93. The van der Waals surface area contributed by atoms with Crippen molar-refractivity contribution in [1.82, 2.24) is 4.98 Å². The van der Waals surface area contributed by atoms with E-state index >= 15 is 0 Å². The number of aliphatic hydroxyl groups excluding tert-OH is 1. The number of hydrogen-bond donors (Lipinski definition) is 1. The molecule has 0 aliphatic carbocycles. The Bertz CT molecular complexity index is 241. The lowest BCUT2D eigenvalue weighted by molar-refractivity contribution is 0.332. The van der Waals surface area contributed by atoms with Gasteiger partial charge in [0.25, 0.3) is 0 Å². The van der Waals surface area contributed by atoms with Gasteiger partial charge >= 0.3 is 0 Å². The highest BCUT2D eigenvalue weighted by Gasteiger charge is 1.87. The lowest BCUT2D eigenvalue weighted by atomic mass is 10.2. The number of aromatic nitrogens is 1. The van der Waals surface area contributed by atoms with Crippen molar-refractivity contribution in [3.63, 3.8) is 0 Å². The minimum Gasteiger partial charge on any atom is -0.392 e. The highest BCUT2D eigenvalue weighted by Crippen LogP contribution is 2.01. The van der Waals surface area contributed by atoms with Gasteiger partial charge in [0.05, 0.1) is 12.3 Å². The van der Waals surface area contributed by atoms with E-state index in [0.717, 1.165) is 11.3 Å². The normalized spacial score (nSPS) is 11.6. The van der Waals surface area contributed by atoms with Crippen LogP contribution >= 0.6 is 0 Å². The first-order valence-electron chi connectivity index (χ1n) is 3.52. The van der Waals surface area contributed by atoms with Gasteiger partial charge in [0.2, 0.25) is 0 Å². The molecule has 0 aromatic carbocycles. The van der Waals surface area contributed by atoms with Crippen LogP contribution in [-0.4, -0.2) is 16.7 Å².